The molecule has 3 heteroatoms. The molecule has 1 aromatic rings. The molecule has 0 aromatic carbocycles. The van der Waals surface area contributed by atoms with Crippen LogP contribution in [0.5, 0.6) is 0 Å². The monoisotopic (exact) mass is 194 g/mol. The zero-order chi connectivity index (χ0) is 10.7. The molecule has 0 unspecified atom stereocenters. The molecular weight excluding hydrogens is 176 g/mol. The summed E-state index contributed by atoms with van der Waals surface area (Å²) in [5.41, 5.74) is 1.96. The van der Waals surface area contributed by atoms with Crippen LogP contribution < -0.4 is 0 Å². The summed E-state index contributed by atoms with van der Waals surface area (Å²) in [7, 11) is 3.77. The molecule has 0 radical (unpaired) electrons. The van der Waals surface area contributed by atoms with E-state index in [0.29, 0.717) is 0 Å². The first-order valence-electron chi connectivity index (χ1n) is 5.00. The lowest BCUT2D eigenvalue weighted by Gasteiger charge is -2.14. The van der Waals surface area contributed by atoms with Crippen molar-refractivity contribution in [3.05, 3.63) is 23.5 Å². The standard InChI is InChI=1S/C11H18N2O/c1-5-9-7-12(3)8-10(9)11(14)13(4)6-2/h7-8H,5-6H2,1-4H3. The summed E-state index contributed by atoms with van der Waals surface area (Å²) in [4.78, 5) is 13.6. The van der Waals surface area contributed by atoms with Crippen LogP contribution in [-0.4, -0.2) is 29.0 Å². The third-order valence-corrected chi connectivity index (χ3v) is 2.47. The second-order valence-corrected chi connectivity index (χ2v) is 3.54. The van der Waals surface area contributed by atoms with Gasteiger partial charge in [0.15, 0.2) is 0 Å². The molecule has 0 aliphatic carbocycles. The lowest BCUT2D eigenvalue weighted by Crippen LogP contribution is -2.26. The molecule has 0 aliphatic heterocycles. The Bertz CT molecular complexity index is 328. The van der Waals surface area contributed by atoms with Gasteiger partial charge in [-0.2, -0.15) is 0 Å². The Kier molecular flexibility index (Phi) is 3.33. The number of nitrogens with zero attached hydrogens (tertiary/aromatic N) is 2. The lowest BCUT2D eigenvalue weighted by molar-refractivity contribution is 0.0801. The second-order valence-electron chi connectivity index (χ2n) is 3.54. The van der Waals surface area contributed by atoms with Gasteiger partial charge in [0, 0.05) is 33.0 Å². The molecule has 0 N–H and O–H groups in total. The van der Waals surface area contributed by atoms with Crippen LogP contribution in [0.1, 0.15) is 29.8 Å². The second kappa shape index (κ2) is 4.31. The summed E-state index contributed by atoms with van der Waals surface area (Å²) in [5, 5.41) is 0. The van der Waals surface area contributed by atoms with Crippen LogP contribution in [0.3, 0.4) is 0 Å². The number of aryl methyl sites for hydroxylation is 2. The van der Waals surface area contributed by atoms with E-state index in [1.165, 1.54) is 0 Å². The Morgan fingerprint density at radius 1 is 1.43 bits per heavy atom. The van der Waals surface area contributed by atoms with Crippen LogP contribution in [0.4, 0.5) is 0 Å². The van der Waals surface area contributed by atoms with E-state index in [9.17, 15) is 4.79 Å². The summed E-state index contributed by atoms with van der Waals surface area (Å²) in [5.74, 6) is 0.116. The van der Waals surface area contributed by atoms with Crippen LogP contribution in [0.15, 0.2) is 12.4 Å². The van der Waals surface area contributed by atoms with Crippen molar-refractivity contribution in [3.63, 3.8) is 0 Å². The van der Waals surface area contributed by atoms with Gasteiger partial charge in [0.1, 0.15) is 0 Å². The van der Waals surface area contributed by atoms with E-state index in [2.05, 4.69) is 6.92 Å². The molecule has 0 bridgehead atoms. The van der Waals surface area contributed by atoms with E-state index < -0.39 is 0 Å². The minimum Gasteiger partial charge on any atom is -0.356 e. The quantitative estimate of drug-likeness (QED) is 0.718. The van der Waals surface area contributed by atoms with Crippen molar-refractivity contribution in [1.29, 1.82) is 0 Å². The van der Waals surface area contributed by atoms with Crippen LogP contribution in [0.2, 0.25) is 0 Å². The molecule has 1 amide bonds. The van der Waals surface area contributed by atoms with Crippen LogP contribution in [-0.2, 0) is 13.5 Å². The van der Waals surface area contributed by atoms with Gasteiger partial charge >= 0.3 is 0 Å². The summed E-state index contributed by atoms with van der Waals surface area (Å²) >= 11 is 0. The van der Waals surface area contributed by atoms with E-state index in [1.807, 2.05) is 38.0 Å². The highest BCUT2D eigenvalue weighted by molar-refractivity contribution is 5.95. The molecule has 1 heterocycles. The number of rotatable bonds is 3. The fraction of sp³-hybridized carbons (Fsp3) is 0.545. The summed E-state index contributed by atoms with van der Waals surface area (Å²) in [6, 6.07) is 0. The van der Waals surface area contributed by atoms with Gasteiger partial charge in [-0.1, -0.05) is 6.92 Å². The maximum absolute atomic E-state index is 11.9. The highest BCUT2D eigenvalue weighted by Crippen LogP contribution is 2.12. The predicted molar refractivity (Wildman–Crippen MR) is 57.4 cm³/mol. The number of aromatic nitrogens is 1. The lowest BCUT2D eigenvalue weighted by atomic mass is 10.1. The van der Waals surface area contributed by atoms with Crippen LogP contribution in [0, 0.1) is 0 Å². The number of carbonyl (C=O) groups excluding carboxylic acids is 1. The normalized spacial score (nSPS) is 10.3. The fourth-order valence-corrected chi connectivity index (χ4v) is 1.46. The molecule has 3 nitrogen and oxygen atoms in total. The molecule has 1 aromatic heterocycles. The van der Waals surface area contributed by atoms with Crippen molar-refractivity contribution >= 4 is 5.91 Å². The van der Waals surface area contributed by atoms with Crippen molar-refractivity contribution in [2.75, 3.05) is 13.6 Å². The van der Waals surface area contributed by atoms with Crippen LogP contribution >= 0.6 is 0 Å². The molecule has 0 saturated heterocycles. The van der Waals surface area contributed by atoms with E-state index in [1.54, 1.807) is 4.90 Å². The van der Waals surface area contributed by atoms with Crippen molar-refractivity contribution in [2.45, 2.75) is 20.3 Å². The van der Waals surface area contributed by atoms with E-state index in [-0.39, 0.29) is 5.91 Å². The first-order chi connectivity index (χ1) is 6.60. The molecule has 0 saturated carbocycles. The molecule has 78 valence electrons. The highest BCUT2D eigenvalue weighted by atomic mass is 16.2. The van der Waals surface area contributed by atoms with E-state index in [0.717, 1.165) is 24.1 Å². The molecule has 0 atom stereocenters. The van der Waals surface area contributed by atoms with Gasteiger partial charge in [-0.25, -0.2) is 0 Å². The fourth-order valence-electron chi connectivity index (χ4n) is 1.46. The zero-order valence-electron chi connectivity index (χ0n) is 9.37. The topological polar surface area (TPSA) is 25.2 Å². The van der Waals surface area contributed by atoms with Gasteiger partial charge in [0.25, 0.3) is 5.91 Å². The predicted octanol–water partition coefficient (Wildman–Crippen LogP) is 1.68. The summed E-state index contributed by atoms with van der Waals surface area (Å²) in [6.07, 6.45) is 4.81. The average Bonchev–Trinajstić information content (AvgIpc) is 2.57. The van der Waals surface area contributed by atoms with E-state index >= 15 is 0 Å². The Morgan fingerprint density at radius 2 is 2.07 bits per heavy atom. The molecule has 0 aliphatic rings. The SMILES string of the molecule is CCc1cn(C)cc1C(=O)N(C)CC. The Morgan fingerprint density at radius 3 is 2.57 bits per heavy atom. The number of carbonyl (C=O) groups is 1. The smallest absolute Gasteiger partial charge is 0.255 e. The summed E-state index contributed by atoms with van der Waals surface area (Å²) in [6.45, 7) is 4.79. The first kappa shape index (κ1) is 10.8. The van der Waals surface area contributed by atoms with Gasteiger partial charge in [0.05, 0.1) is 5.56 Å². The van der Waals surface area contributed by atoms with Gasteiger partial charge in [-0.05, 0) is 18.9 Å². The Hall–Kier alpha value is -1.25. The maximum Gasteiger partial charge on any atom is 0.255 e. The Balaban J connectivity index is 2.99. The van der Waals surface area contributed by atoms with Gasteiger partial charge < -0.3 is 9.47 Å². The third kappa shape index (κ3) is 1.97. The summed E-state index contributed by atoms with van der Waals surface area (Å²) < 4.78 is 1.94. The minimum absolute atomic E-state index is 0.116. The number of hydrogen-bond acceptors (Lipinski definition) is 1. The molecule has 0 fully saturated rings. The largest absolute Gasteiger partial charge is 0.356 e. The molecule has 14 heavy (non-hydrogen) atoms. The Labute approximate surface area is 85.3 Å². The third-order valence-electron chi connectivity index (χ3n) is 2.47. The van der Waals surface area contributed by atoms with Crippen LogP contribution in [0.25, 0.3) is 0 Å². The van der Waals surface area contributed by atoms with Crippen molar-refractivity contribution in [3.8, 4) is 0 Å². The zero-order valence-corrected chi connectivity index (χ0v) is 9.37. The maximum atomic E-state index is 11.9. The van der Waals surface area contributed by atoms with Crippen molar-refractivity contribution < 1.29 is 4.79 Å². The number of amides is 1. The molecular formula is C11H18N2O. The van der Waals surface area contributed by atoms with E-state index in [4.69, 9.17) is 0 Å². The van der Waals surface area contributed by atoms with Gasteiger partial charge in [-0.15, -0.1) is 0 Å². The molecule has 0 spiro atoms. The van der Waals surface area contributed by atoms with Gasteiger partial charge in [-0.3, -0.25) is 4.79 Å². The average molecular weight is 194 g/mol. The minimum atomic E-state index is 0.116. The van der Waals surface area contributed by atoms with Crippen molar-refractivity contribution in [1.82, 2.24) is 9.47 Å². The highest BCUT2D eigenvalue weighted by Gasteiger charge is 2.15. The molecule has 1 rings (SSSR count). The van der Waals surface area contributed by atoms with Gasteiger partial charge in [0.2, 0.25) is 0 Å². The number of hydrogen-bond donors (Lipinski definition) is 0. The first-order valence-corrected chi connectivity index (χ1v) is 5.00. The van der Waals surface area contributed by atoms with Crippen molar-refractivity contribution in [2.24, 2.45) is 7.05 Å².